The highest BCUT2D eigenvalue weighted by Crippen LogP contribution is 2.16. The van der Waals surface area contributed by atoms with E-state index in [2.05, 4.69) is 28.2 Å². The summed E-state index contributed by atoms with van der Waals surface area (Å²) in [6, 6.07) is 6.48. The highest BCUT2D eigenvalue weighted by atomic mass is 79.9. The highest BCUT2D eigenvalue weighted by Gasteiger charge is 2.18. The number of ether oxygens (including phenoxy) is 1. The molecule has 0 bridgehead atoms. The van der Waals surface area contributed by atoms with Gasteiger partial charge in [-0.05, 0) is 41.4 Å². The molecule has 0 saturated heterocycles. The van der Waals surface area contributed by atoms with Crippen molar-refractivity contribution in [2.75, 3.05) is 6.61 Å². The van der Waals surface area contributed by atoms with E-state index >= 15 is 0 Å². The van der Waals surface area contributed by atoms with Gasteiger partial charge in [0.05, 0.1) is 12.2 Å². The van der Waals surface area contributed by atoms with Crippen LogP contribution in [0, 0.1) is 0 Å². The van der Waals surface area contributed by atoms with Crippen LogP contribution < -0.4 is 5.32 Å². The zero-order chi connectivity index (χ0) is 22.0. The molecule has 1 aromatic carbocycles. The van der Waals surface area contributed by atoms with Crippen molar-refractivity contribution in [3.05, 3.63) is 34.3 Å². The Bertz CT molecular complexity index is 606. The van der Waals surface area contributed by atoms with E-state index in [1.54, 1.807) is 25.1 Å². The minimum Gasteiger partial charge on any atom is -0.464 e. The quantitative estimate of drug-likeness (QED) is 0.189. The number of amides is 1. The number of benzene rings is 1. The van der Waals surface area contributed by atoms with Gasteiger partial charge in [-0.3, -0.25) is 4.79 Å². The van der Waals surface area contributed by atoms with Gasteiger partial charge in [-0.25, -0.2) is 4.79 Å². The van der Waals surface area contributed by atoms with Crippen LogP contribution in [0.15, 0.2) is 28.7 Å². The van der Waals surface area contributed by atoms with E-state index < -0.39 is 6.04 Å². The van der Waals surface area contributed by atoms with E-state index in [4.69, 9.17) is 4.74 Å². The van der Waals surface area contributed by atoms with Crippen LogP contribution in [-0.2, 0) is 9.53 Å². The molecule has 30 heavy (non-hydrogen) atoms. The predicted molar refractivity (Wildman–Crippen MR) is 128 cm³/mol. The molecule has 0 aliphatic heterocycles. The SMILES string of the molecule is CCCCCCCCCCCCCCCOC(=O)C(C)NC(=O)c1ccccc1Br. The van der Waals surface area contributed by atoms with E-state index in [0.29, 0.717) is 16.6 Å². The fourth-order valence-electron chi connectivity index (χ4n) is 3.40. The maximum atomic E-state index is 12.2. The van der Waals surface area contributed by atoms with Gasteiger partial charge in [-0.15, -0.1) is 0 Å². The Morgan fingerprint density at radius 2 is 1.37 bits per heavy atom. The Hall–Kier alpha value is -1.36. The molecule has 0 fully saturated rings. The first-order valence-corrected chi connectivity index (χ1v) is 12.6. The third kappa shape index (κ3) is 12.4. The van der Waals surface area contributed by atoms with Crippen molar-refractivity contribution >= 4 is 27.8 Å². The van der Waals surface area contributed by atoms with Crippen LogP contribution in [-0.4, -0.2) is 24.5 Å². The summed E-state index contributed by atoms with van der Waals surface area (Å²) in [4.78, 5) is 24.3. The lowest BCUT2D eigenvalue weighted by Gasteiger charge is -2.14. The van der Waals surface area contributed by atoms with Gasteiger partial charge in [-0.2, -0.15) is 0 Å². The minimum absolute atomic E-state index is 0.284. The summed E-state index contributed by atoms with van der Waals surface area (Å²) in [5.74, 6) is -0.665. The minimum atomic E-state index is -0.661. The number of unbranched alkanes of at least 4 members (excludes halogenated alkanes) is 12. The van der Waals surface area contributed by atoms with Crippen LogP contribution in [0.2, 0.25) is 0 Å². The number of nitrogens with one attached hydrogen (secondary N) is 1. The molecule has 0 radical (unpaired) electrons. The zero-order valence-electron chi connectivity index (χ0n) is 18.9. The third-order valence-electron chi connectivity index (χ3n) is 5.31. The second-order valence-electron chi connectivity index (χ2n) is 8.09. The number of rotatable bonds is 17. The Morgan fingerprint density at radius 3 is 1.90 bits per heavy atom. The van der Waals surface area contributed by atoms with E-state index in [9.17, 15) is 9.59 Å². The molecule has 4 nitrogen and oxygen atoms in total. The maximum Gasteiger partial charge on any atom is 0.328 e. The second-order valence-corrected chi connectivity index (χ2v) is 8.94. The summed E-state index contributed by atoms with van der Waals surface area (Å²) >= 11 is 3.35. The van der Waals surface area contributed by atoms with E-state index in [-0.39, 0.29) is 11.9 Å². The fraction of sp³-hybridized carbons (Fsp3) is 0.680. The first-order chi connectivity index (χ1) is 14.6. The number of hydrogen-bond acceptors (Lipinski definition) is 3. The van der Waals surface area contributed by atoms with Gasteiger partial charge in [0, 0.05) is 4.47 Å². The van der Waals surface area contributed by atoms with Gasteiger partial charge in [0.15, 0.2) is 0 Å². The van der Waals surface area contributed by atoms with Crippen LogP contribution in [0.4, 0.5) is 0 Å². The van der Waals surface area contributed by atoms with Gasteiger partial charge >= 0.3 is 5.97 Å². The largest absolute Gasteiger partial charge is 0.464 e. The Balaban J connectivity index is 1.98. The van der Waals surface area contributed by atoms with Crippen LogP contribution >= 0.6 is 15.9 Å². The Kier molecular flexibility index (Phi) is 15.4. The van der Waals surface area contributed by atoms with Crippen molar-refractivity contribution in [1.29, 1.82) is 0 Å². The molecule has 0 aliphatic rings. The second kappa shape index (κ2) is 17.3. The lowest BCUT2D eigenvalue weighted by molar-refractivity contribution is -0.145. The molecule has 5 heteroatoms. The zero-order valence-corrected chi connectivity index (χ0v) is 20.5. The number of carbonyl (C=O) groups excluding carboxylic acids is 2. The normalized spacial score (nSPS) is 11.8. The topological polar surface area (TPSA) is 55.4 Å². The molecule has 0 spiro atoms. The summed E-state index contributed by atoms with van der Waals surface area (Å²) in [6.07, 6.45) is 16.7. The van der Waals surface area contributed by atoms with E-state index in [0.717, 1.165) is 12.8 Å². The van der Waals surface area contributed by atoms with E-state index in [1.165, 1.54) is 70.6 Å². The van der Waals surface area contributed by atoms with Crippen molar-refractivity contribution in [1.82, 2.24) is 5.32 Å². The molecule has 0 aromatic heterocycles. The smallest absolute Gasteiger partial charge is 0.328 e. The molecule has 1 unspecified atom stereocenters. The molecular weight excluding hydrogens is 442 g/mol. The molecule has 1 N–H and O–H groups in total. The number of hydrogen-bond donors (Lipinski definition) is 1. The average molecular weight is 483 g/mol. The Labute approximate surface area is 191 Å². The van der Waals surface area contributed by atoms with Crippen LogP contribution in [0.1, 0.15) is 108 Å². The molecule has 1 amide bonds. The average Bonchev–Trinajstić information content (AvgIpc) is 2.74. The first-order valence-electron chi connectivity index (χ1n) is 11.8. The van der Waals surface area contributed by atoms with Crippen molar-refractivity contribution in [3.8, 4) is 0 Å². The summed E-state index contributed by atoms with van der Waals surface area (Å²) in [7, 11) is 0. The molecular formula is C25H40BrNO3. The standard InChI is InChI=1S/C25H40BrNO3/c1-3-4-5-6-7-8-9-10-11-12-13-14-17-20-30-25(29)21(2)27-24(28)22-18-15-16-19-23(22)26/h15-16,18-19,21H,3-14,17,20H2,1-2H3,(H,27,28). The molecule has 1 aromatic rings. The van der Waals surface area contributed by atoms with Crippen LogP contribution in [0.5, 0.6) is 0 Å². The number of esters is 1. The Morgan fingerprint density at radius 1 is 0.867 bits per heavy atom. The van der Waals surface area contributed by atoms with Gasteiger partial charge < -0.3 is 10.1 Å². The lowest BCUT2D eigenvalue weighted by Crippen LogP contribution is -2.39. The first kappa shape index (κ1) is 26.7. The molecule has 0 aliphatic carbocycles. The van der Waals surface area contributed by atoms with Crippen LogP contribution in [0.25, 0.3) is 0 Å². The molecule has 0 saturated carbocycles. The summed E-state index contributed by atoms with van der Waals surface area (Å²) in [6.45, 7) is 4.34. The van der Waals surface area contributed by atoms with Gasteiger partial charge in [0.25, 0.3) is 5.91 Å². The molecule has 1 rings (SSSR count). The predicted octanol–water partition coefficient (Wildman–Crippen LogP) is 7.20. The fourth-order valence-corrected chi connectivity index (χ4v) is 3.86. The summed E-state index contributed by atoms with van der Waals surface area (Å²) < 4.78 is 6.01. The molecule has 170 valence electrons. The summed E-state index contributed by atoms with van der Waals surface area (Å²) in [5, 5.41) is 2.69. The number of carbonyl (C=O) groups is 2. The molecule has 0 heterocycles. The van der Waals surface area contributed by atoms with Gasteiger partial charge in [0.1, 0.15) is 6.04 Å². The van der Waals surface area contributed by atoms with Crippen LogP contribution in [0.3, 0.4) is 0 Å². The molecule has 1 atom stereocenters. The monoisotopic (exact) mass is 481 g/mol. The maximum absolute atomic E-state index is 12.2. The van der Waals surface area contributed by atoms with Gasteiger partial charge in [0.2, 0.25) is 0 Å². The van der Waals surface area contributed by atoms with Crippen molar-refractivity contribution in [2.24, 2.45) is 0 Å². The lowest BCUT2D eigenvalue weighted by atomic mass is 10.0. The summed E-state index contributed by atoms with van der Waals surface area (Å²) in [5.41, 5.74) is 0.508. The van der Waals surface area contributed by atoms with Crippen molar-refractivity contribution in [2.45, 2.75) is 103 Å². The van der Waals surface area contributed by atoms with Crippen molar-refractivity contribution in [3.63, 3.8) is 0 Å². The highest BCUT2D eigenvalue weighted by molar-refractivity contribution is 9.10. The van der Waals surface area contributed by atoms with Gasteiger partial charge in [-0.1, -0.05) is 96.1 Å². The number of halogens is 1. The van der Waals surface area contributed by atoms with Crippen molar-refractivity contribution < 1.29 is 14.3 Å². The third-order valence-corrected chi connectivity index (χ3v) is 6.00. The van der Waals surface area contributed by atoms with E-state index in [1.807, 2.05) is 6.07 Å².